The van der Waals surface area contributed by atoms with Crippen molar-refractivity contribution >= 4 is 22.6 Å². The van der Waals surface area contributed by atoms with Gasteiger partial charge in [0.25, 0.3) is 5.91 Å². The van der Waals surface area contributed by atoms with Gasteiger partial charge < -0.3 is 10.3 Å². The van der Waals surface area contributed by atoms with Gasteiger partial charge in [0.1, 0.15) is 5.82 Å². The Kier molecular flexibility index (Phi) is 2.76. The van der Waals surface area contributed by atoms with Crippen molar-refractivity contribution in [3.05, 3.63) is 59.9 Å². The lowest BCUT2D eigenvalue weighted by molar-refractivity contribution is 0.102. The monoisotopic (exact) mass is 251 g/mol. The molecule has 19 heavy (non-hydrogen) atoms. The molecule has 1 aromatic carbocycles. The lowest BCUT2D eigenvalue weighted by Gasteiger charge is -2.04. The third-order valence-corrected chi connectivity index (χ3v) is 2.92. The van der Waals surface area contributed by atoms with E-state index in [1.54, 1.807) is 18.3 Å². The SMILES string of the molecule is Cc1cc2cc(C(=O)Nc3ccccn3)ccc2[nH]1. The van der Waals surface area contributed by atoms with Crippen LogP contribution in [-0.4, -0.2) is 15.9 Å². The largest absolute Gasteiger partial charge is 0.359 e. The molecular formula is C15H13N3O. The van der Waals surface area contributed by atoms with Crippen molar-refractivity contribution in [1.82, 2.24) is 9.97 Å². The maximum absolute atomic E-state index is 12.1. The smallest absolute Gasteiger partial charge is 0.256 e. The fourth-order valence-electron chi connectivity index (χ4n) is 2.04. The second-order valence-corrected chi connectivity index (χ2v) is 4.42. The quantitative estimate of drug-likeness (QED) is 0.735. The van der Waals surface area contributed by atoms with E-state index < -0.39 is 0 Å². The molecule has 0 bridgehead atoms. The zero-order chi connectivity index (χ0) is 13.2. The predicted octanol–water partition coefficient (Wildman–Crippen LogP) is 3.12. The van der Waals surface area contributed by atoms with Crippen molar-refractivity contribution in [2.45, 2.75) is 6.92 Å². The van der Waals surface area contributed by atoms with Gasteiger partial charge in [-0.3, -0.25) is 4.79 Å². The van der Waals surface area contributed by atoms with Crippen molar-refractivity contribution in [3.8, 4) is 0 Å². The highest BCUT2D eigenvalue weighted by molar-refractivity contribution is 6.05. The third-order valence-electron chi connectivity index (χ3n) is 2.92. The standard InChI is InChI=1S/C15H13N3O/c1-10-8-12-9-11(5-6-13(12)17-10)15(19)18-14-4-2-3-7-16-14/h2-9,17H,1H3,(H,16,18,19). The zero-order valence-electron chi connectivity index (χ0n) is 10.5. The average Bonchev–Trinajstić information content (AvgIpc) is 2.78. The highest BCUT2D eigenvalue weighted by atomic mass is 16.1. The Hall–Kier alpha value is -2.62. The molecule has 0 aliphatic carbocycles. The first-order valence-electron chi connectivity index (χ1n) is 6.04. The van der Waals surface area contributed by atoms with Crippen LogP contribution in [0.4, 0.5) is 5.82 Å². The molecule has 2 N–H and O–H groups in total. The van der Waals surface area contributed by atoms with Crippen LogP contribution < -0.4 is 5.32 Å². The first-order chi connectivity index (χ1) is 9.22. The lowest BCUT2D eigenvalue weighted by atomic mass is 10.1. The summed E-state index contributed by atoms with van der Waals surface area (Å²) < 4.78 is 0. The topological polar surface area (TPSA) is 57.8 Å². The summed E-state index contributed by atoms with van der Waals surface area (Å²) in [4.78, 5) is 19.4. The molecule has 94 valence electrons. The highest BCUT2D eigenvalue weighted by Gasteiger charge is 2.08. The van der Waals surface area contributed by atoms with E-state index in [0.717, 1.165) is 16.6 Å². The number of fused-ring (bicyclic) bond motifs is 1. The van der Waals surface area contributed by atoms with Crippen LogP contribution in [-0.2, 0) is 0 Å². The number of H-pyrrole nitrogens is 1. The summed E-state index contributed by atoms with van der Waals surface area (Å²) in [6.45, 7) is 1.99. The molecule has 0 saturated carbocycles. The van der Waals surface area contributed by atoms with Crippen LogP contribution >= 0.6 is 0 Å². The van der Waals surface area contributed by atoms with E-state index in [1.165, 1.54) is 0 Å². The van der Waals surface area contributed by atoms with E-state index in [0.29, 0.717) is 11.4 Å². The van der Waals surface area contributed by atoms with E-state index in [1.807, 2.05) is 37.3 Å². The number of anilines is 1. The fraction of sp³-hybridized carbons (Fsp3) is 0.0667. The van der Waals surface area contributed by atoms with Crippen molar-refractivity contribution < 1.29 is 4.79 Å². The molecule has 3 aromatic rings. The van der Waals surface area contributed by atoms with Crippen molar-refractivity contribution in [2.75, 3.05) is 5.32 Å². The highest BCUT2D eigenvalue weighted by Crippen LogP contribution is 2.17. The molecule has 2 heterocycles. The summed E-state index contributed by atoms with van der Waals surface area (Å²) in [5.41, 5.74) is 2.74. The molecule has 0 atom stereocenters. The number of aromatic amines is 1. The van der Waals surface area contributed by atoms with Crippen molar-refractivity contribution in [1.29, 1.82) is 0 Å². The number of nitrogens with one attached hydrogen (secondary N) is 2. The summed E-state index contributed by atoms with van der Waals surface area (Å²) in [7, 11) is 0. The maximum Gasteiger partial charge on any atom is 0.256 e. The summed E-state index contributed by atoms with van der Waals surface area (Å²) >= 11 is 0. The van der Waals surface area contributed by atoms with Gasteiger partial charge in [-0.1, -0.05) is 6.07 Å². The molecule has 0 aliphatic rings. The Bertz CT molecular complexity index is 731. The van der Waals surface area contributed by atoms with Crippen molar-refractivity contribution in [2.24, 2.45) is 0 Å². The number of nitrogens with zero attached hydrogens (tertiary/aromatic N) is 1. The Balaban J connectivity index is 1.89. The van der Waals surface area contributed by atoms with Crippen LogP contribution in [0.1, 0.15) is 16.1 Å². The van der Waals surface area contributed by atoms with Crippen LogP contribution in [0, 0.1) is 6.92 Å². The van der Waals surface area contributed by atoms with Gasteiger partial charge in [-0.05, 0) is 43.3 Å². The van der Waals surface area contributed by atoms with Gasteiger partial charge in [0.05, 0.1) is 0 Å². The first kappa shape index (κ1) is 11.5. The van der Waals surface area contributed by atoms with Gasteiger partial charge in [-0.25, -0.2) is 4.98 Å². The van der Waals surface area contributed by atoms with Gasteiger partial charge in [0.2, 0.25) is 0 Å². The van der Waals surface area contributed by atoms with Crippen LogP contribution in [0.3, 0.4) is 0 Å². The molecule has 0 saturated heterocycles. The number of hydrogen-bond acceptors (Lipinski definition) is 2. The molecule has 4 heteroatoms. The Morgan fingerprint density at radius 3 is 2.89 bits per heavy atom. The number of amides is 1. The molecule has 2 aromatic heterocycles. The number of carbonyl (C=O) groups excluding carboxylic acids is 1. The van der Waals surface area contributed by atoms with Gasteiger partial charge in [0, 0.05) is 28.4 Å². The first-order valence-corrected chi connectivity index (χ1v) is 6.04. The van der Waals surface area contributed by atoms with E-state index in [-0.39, 0.29) is 5.91 Å². The number of aromatic nitrogens is 2. The van der Waals surface area contributed by atoms with Crippen LogP contribution in [0.5, 0.6) is 0 Å². The molecule has 0 radical (unpaired) electrons. The summed E-state index contributed by atoms with van der Waals surface area (Å²) in [5, 5.41) is 3.80. The number of aryl methyl sites for hydroxylation is 1. The minimum atomic E-state index is -0.153. The zero-order valence-corrected chi connectivity index (χ0v) is 10.5. The molecule has 0 spiro atoms. The van der Waals surface area contributed by atoms with E-state index in [4.69, 9.17) is 0 Å². The normalized spacial score (nSPS) is 10.6. The molecule has 0 unspecified atom stereocenters. The molecule has 4 nitrogen and oxygen atoms in total. The molecule has 1 amide bonds. The van der Waals surface area contributed by atoms with Gasteiger partial charge >= 0.3 is 0 Å². The molecular weight excluding hydrogens is 238 g/mol. The van der Waals surface area contributed by atoms with E-state index in [9.17, 15) is 4.79 Å². The fourth-order valence-corrected chi connectivity index (χ4v) is 2.04. The minimum Gasteiger partial charge on any atom is -0.359 e. The molecule has 0 aliphatic heterocycles. The lowest BCUT2D eigenvalue weighted by Crippen LogP contribution is -2.12. The summed E-state index contributed by atoms with van der Waals surface area (Å²) in [6.07, 6.45) is 1.65. The average molecular weight is 251 g/mol. The number of carbonyl (C=O) groups is 1. The molecule has 0 fully saturated rings. The van der Waals surface area contributed by atoms with Crippen LogP contribution in [0.25, 0.3) is 10.9 Å². The Labute approximate surface area is 110 Å². The summed E-state index contributed by atoms with van der Waals surface area (Å²) in [5.74, 6) is 0.400. The predicted molar refractivity (Wildman–Crippen MR) is 75.2 cm³/mol. The van der Waals surface area contributed by atoms with E-state index in [2.05, 4.69) is 15.3 Å². The maximum atomic E-state index is 12.1. The van der Waals surface area contributed by atoms with Gasteiger partial charge in [0.15, 0.2) is 0 Å². The van der Waals surface area contributed by atoms with Gasteiger partial charge in [-0.15, -0.1) is 0 Å². The van der Waals surface area contributed by atoms with E-state index >= 15 is 0 Å². The number of hydrogen-bond donors (Lipinski definition) is 2. The Morgan fingerprint density at radius 1 is 1.21 bits per heavy atom. The Morgan fingerprint density at radius 2 is 2.11 bits per heavy atom. The number of rotatable bonds is 2. The van der Waals surface area contributed by atoms with Crippen LogP contribution in [0.15, 0.2) is 48.7 Å². The van der Waals surface area contributed by atoms with Crippen molar-refractivity contribution in [3.63, 3.8) is 0 Å². The second kappa shape index (κ2) is 4.57. The minimum absolute atomic E-state index is 0.153. The third kappa shape index (κ3) is 2.33. The molecule has 3 rings (SSSR count). The number of pyridine rings is 1. The van der Waals surface area contributed by atoms with Gasteiger partial charge in [-0.2, -0.15) is 0 Å². The second-order valence-electron chi connectivity index (χ2n) is 4.42. The summed E-state index contributed by atoms with van der Waals surface area (Å²) in [6, 6.07) is 13.0. The van der Waals surface area contributed by atoms with Crippen LogP contribution in [0.2, 0.25) is 0 Å². The number of benzene rings is 1.